The predicted octanol–water partition coefficient (Wildman–Crippen LogP) is 2.85. The summed E-state index contributed by atoms with van der Waals surface area (Å²) in [6.45, 7) is 2.86. The van der Waals surface area contributed by atoms with Gasteiger partial charge in [0, 0.05) is 28.9 Å². The molecule has 2 atom stereocenters. The fourth-order valence-electron chi connectivity index (χ4n) is 2.36. The number of halogens is 1. The van der Waals surface area contributed by atoms with E-state index in [1.807, 2.05) is 24.3 Å². The highest BCUT2D eigenvalue weighted by Gasteiger charge is 2.27. The Bertz CT molecular complexity index is 557. The number of allylic oxidation sites excluding steroid dienone is 1. The molecule has 1 aromatic rings. The van der Waals surface area contributed by atoms with Crippen LogP contribution < -0.4 is 10.7 Å². The van der Waals surface area contributed by atoms with Crippen LogP contribution >= 0.6 is 11.6 Å². The van der Waals surface area contributed by atoms with E-state index in [4.69, 9.17) is 11.6 Å². The third kappa shape index (κ3) is 2.66. The summed E-state index contributed by atoms with van der Waals surface area (Å²) in [5, 5.41) is 8.48. The molecule has 4 heteroatoms. The first-order valence-corrected chi connectivity index (χ1v) is 6.78. The molecule has 98 valence electrons. The van der Waals surface area contributed by atoms with Gasteiger partial charge >= 0.3 is 0 Å². The Labute approximate surface area is 118 Å². The van der Waals surface area contributed by atoms with Crippen molar-refractivity contribution in [3.63, 3.8) is 0 Å². The molecule has 0 fully saturated rings. The van der Waals surface area contributed by atoms with Crippen LogP contribution in [-0.4, -0.2) is 11.8 Å². The summed E-state index contributed by atoms with van der Waals surface area (Å²) in [5.74, 6) is 0.373. The van der Waals surface area contributed by atoms with Crippen LogP contribution in [0.25, 0.3) is 0 Å². The van der Waals surface area contributed by atoms with E-state index < -0.39 is 0 Å². The van der Waals surface area contributed by atoms with Gasteiger partial charge < -0.3 is 10.7 Å². The molecule has 0 saturated carbocycles. The summed E-state index contributed by atoms with van der Waals surface area (Å²) in [6.07, 6.45) is 6.51. The van der Waals surface area contributed by atoms with Gasteiger partial charge in [0.15, 0.2) is 0 Å². The second kappa shape index (κ2) is 5.10. The first kappa shape index (κ1) is 12.3. The fourth-order valence-corrected chi connectivity index (χ4v) is 2.48. The Balaban J connectivity index is 1.64. The second-order valence-corrected chi connectivity index (χ2v) is 5.33. The first-order valence-electron chi connectivity index (χ1n) is 6.40. The van der Waals surface area contributed by atoms with Gasteiger partial charge in [0.25, 0.3) is 0 Å². The molecule has 0 radical (unpaired) electrons. The quantitative estimate of drug-likeness (QED) is 0.888. The molecule has 1 heterocycles. The van der Waals surface area contributed by atoms with Crippen molar-refractivity contribution in [1.82, 2.24) is 10.7 Å². The standard InChI is InChI=1S/C15H16ClN3/c1-10-14-8-13(6-7-15(14)19-18-10)17-9-11-2-4-12(16)5-3-11/h2-8,14-15,17,19H,9H2,1H3. The smallest absolute Gasteiger partial charge is 0.0740 e. The zero-order valence-corrected chi connectivity index (χ0v) is 11.5. The zero-order chi connectivity index (χ0) is 13.2. The van der Waals surface area contributed by atoms with Crippen molar-refractivity contribution < 1.29 is 0 Å². The van der Waals surface area contributed by atoms with Crippen LogP contribution in [-0.2, 0) is 6.54 Å². The number of fused-ring (bicyclic) bond motifs is 1. The number of rotatable bonds is 3. The molecule has 0 spiro atoms. The molecule has 2 N–H and O–H groups in total. The monoisotopic (exact) mass is 273 g/mol. The number of benzene rings is 1. The summed E-state index contributed by atoms with van der Waals surface area (Å²) in [4.78, 5) is 0. The lowest BCUT2D eigenvalue weighted by Gasteiger charge is -2.20. The lowest BCUT2D eigenvalue weighted by molar-refractivity contribution is 0.610. The molecular formula is C15H16ClN3. The van der Waals surface area contributed by atoms with Crippen molar-refractivity contribution in [2.45, 2.75) is 19.5 Å². The zero-order valence-electron chi connectivity index (χ0n) is 10.7. The molecule has 1 aromatic carbocycles. The van der Waals surface area contributed by atoms with Gasteiger partial charge in [-0.05, 0) is 30.7 Å². The van der Waals surface area contributed by atoms with E-state index in [-0.39, 0.29) is 0 Å². The number of hydrazone groups is 1. The van der Waals surface area contributed by atoms with Crippen LogP contribution in [0, 0.1) is 5.92 Å². The Hall–Kier alpha value is -1.74. The van der Waals surface area contributed by atoms with Crippen LogP contribution in [0.4, 0.5) is 0 Å². The van der Waals surface area contributed by atoms with Gasteiger partial charge in [-0.3, -0.25) is 0 Å². The highest BCUT2D eigenvalue weighted by Crippen LogP contribution is 2.22. The van der Waals surface area contributed by atoms with Gasteiger partial charge in [0.1, 0.15) is 0 Å². The van der Waals surface area contributed by atoms with E-state index in [0.29, 0.717) is 12.0 Å². The van der Waals surface area contributed by atoms with E-state index in [1.165, 1.54) is 5.56 Å². The molecule has 0 amide bonds. The van der Waals surface area contributed by atoms with Crippen LogP contribution in [0.5, 0.6) is 0 Å². The largest absolute Gasteiger partial charge is 0.381 e. The summed E-state index contributed by atoms with van der Waals surface area (Å²) < 4.78 is 0. The van der Waals surface area contributed by atoms with Crippen LogP contribution in [0.2, 0.25) is 5.02 Å². The van der Waals surface area contributed by atoms with Gasteiger partial charge in [-0.15, -0.1) is 0 Å². The number of hydrogen-bond donors (Lipinski definition) is 2. The normalized spacial score (nSPS) is 24.3. The maximum atomic E-state index is 5.87. The lowest BCUT2D eigenvalue weighted by Crippen LogP contribution is -2.29. The summed E-state index contributed by atoms with van der Waals surface area (Å²) in [5.41, 5.74) is 6.63. The molecule has 3 rings (SSSR count). The Morgan fingerprint density at radius 1 is 1.32 bits per heavy atom. The van der Waals surface area contributed by atoms with E-state index in [1.54, 1.807) is 0 Å². The van der Waals surface area contributed by atoms with Gasteiger partial charge in [-0.1, -0.05) is 35.9 Å². The molecule has 0 bridgehead atoms. The highest BCUT2D eigenvalue weighted by molar-refractivity contribution is 6.30. The Morgan fingerprint density at radius 3 is 2.89 bits per heavy atom. The Kier molecular flexibility index (Phi) is 3.30. The number of nitrogens with one attached hydrogen (secondary N) is 2. The van der Waals surface area contributed by atoms with E-state index >= 15 is 0 Å². The predicted molar refractivity (Wildman–Crippen MR) is 79.0 cm³/mol. The summed E-state index contributed by atoms with van der Waals surface area (Å²) in [7, 11) is 0. The third-order valence-corrected chi connectivity index (χ3v) is 3.76. The van der Waals surface area contributed by atoms with Crippen molar-refractivity contribution >= 4 is 17.3 Å². The minimum absolute atomic E-state index is 0.320. The summed E-state index contributed by atoms with van der Waals surface area (Å²) in [6, 6.07) is 8.22. The molecule has 0 saturated heterocycles. The first-order chi connectivity index (χ1) is 9.22. The minimum Gasteiger partial charge on any atom is -0.381 e. The molecule has 3 nitrogen and oxygen atoms in total. The van der Waals surface area contributed by atoms with Crippen molar-refractivity contribution in [1.29, 1.82) is 0 Å². The molecule has 1 aliphatic carbocycles. The number of nitrogens with zero attached hydrogens (tertiary/aromatic N) is 1. The van der Waals surface area contributed by atoms with Gasteiger partial charge in [-0.25, -0.2) is 0 Å². The van der Waals surface area contributed by atoms with Crippen LogP contribution in [0.3, 0.4) is 0 Å². The lowest BCUT2D eigenvalue weighted by atomic mass is 9.92. The molecular weight excluding hydrogens is 258 g/mol. The maximum absolute atomic E-state index is 5.87. The third-order valence-electron chi connectivity index (χ3n) is 3.51. The van der Waals surface area contributed by atoms with E-state index in [2.05, 4.69) is 41.0 Å². The highest BCUT2D eigenvalue weighted by atomic mass is 35.5. The average Bonchev–Trinajstić information content (AvgIpc) is 2.80. The molecule has 19 heavy (non-hydrogen) atoms. The van der Waals surface area contributed by atoms with Crippen molar-refractivity contribution in [2.24, 2.45) is 11.0 Å². The molecule has 0 aromatic heterocycles. The second-order valence-electron chi connectivity index (χ2n) is 4.89. The van der Waals surface area contributed by atoms with E-state index in [9.17, 15) is 0 Å². The van der Waals surface area contributed by atoms with Crippen LogP contribution in [0.1, 0.15) is 12.5 Å². The topological polar surface area (TPSA) is 36.4 Å². The number of hydrogen-bond acceptors (Lipinski definition) is 3. The molecule has 2 unspecified atom stereocenters. The molecule has 1 aliphatic heterocycles. The van der Waals surface area contributed by atoms with E-state index in [0.717, 1.165) is 23.0 Å². The van der Waals surface area contributed by atoms with Crippen molar-refractivity contribution in [2.75, 3.05) is 0 Å². The average molecular weight is 274 g/mol. The molecule has 2 aliphatic rings. The van der Waals surface area contributed by atoms with Gasteiger partial charge in [0.05, 0.1) is 6.04 Å². The van der Waals surface area contributed by atoms with Crippen LogP contribution in [0.15, 0.2) is 53.3 Å². The fraction of sp³-hybridized carbons (Fsp3) is 0.267. The summed E-state index contributed by atoms with van der Waals surface area (Å²) >= 11 is 5.87. The SMILES string of the molecule is CC1=NNC2C=CC(NCc3ccc(Cl)cc3)=CC12. The maximum Gasteiger partial charge on any atom is 0.0740 e. The van der Waals surface area contributed by atoms with Crippen molar-refractivity contribution in [3.8, 4) is 0 Å². The van der Waals surface area contributed by atoms with Gasteiger partial charge in [0.2, 0.25) is 0 Å². The van der Waals surface area contributed by atoms with Gasteiger partial charge in [-0.2, -0.15) is 5.10 Å². The van der Waals surface area contributed by atoms with Crippen molar-refractivity contribution in [3.05, 3.63) is 58.8 Å². The minimum atomic E-state index is 0.320. The Morgan fingerprint density at radius 2 is 2.11 bits per heavy atom.